The van der Waals surface area contributed by atoms with Crippen LogP contribution in [-0.4, -0.2) is 8.07 Å². The highest BCUT2D eigenvalue weighted by Gasteiger charge is 2.34. The lowest BCUT2D eigenvalue weighted by Crippen LogP contribution is -2.64. The van der Waals surface area contributed by atoms with Crippen molar-refractivity contribution >= 4 is 55.3 Å². The van der Waals surface area contributed by atoms with E-state index in [-0.39, 0.29) is 0 Å². The third kappa shape index (κ3) is 2.28. The minimum atomic E-state index is -2.06. The van der Waals surface area contributed by atoms with E-state index in [0.717, 1.165) is 4.90 Å². The van der Waals surface area contributed by atoms with Crippen molar-refractivity contribution < 1.29 is 4.42 Å². The Bertz CT molecular complexity index is 1150. The highest BCUT2D eigenvalue weighted by molar-refractivity contribution is 7.25. The second-order valence-corrected chi connectivity index (χ2v) is 11.8. The van der Waals surface area contributed by atoms with Crippen LogP contribution in [0.25, 0.3) is 20.4 Å². The van der Waals surface area contributed by atoms with Crippen molar-refractivity contribution in [2.75, 3.05) is 0 Å². The van der Waals surface area contributed by atoms with E-state index < -0.39 is 8.07 Å². The normalized spacial score (nSPS) is 12.0. The third-order valence-corrected chi connectivity index (χ3v) is 10.9. The molecular formula is C23H18OSSi. The fourth-order valence-electron chi connectivity index (χ4n) is 3.86. The van der Waals surface area contributed by atoms with E-state index in [1.165, 1.54) is 31.0 Å². The fourth-order valence-corrected chi connectivity index (χ4v) is 8.43. The number of rotatable bonds is 3. The summed E-state index contributed by atoms with van der Waals surface area (Å²) in [4.78, 5) is 1.01. The van der Waals surface area contributed by atoms with E-state index in [1.54, 1.807) is 17.6 Å². The van der Waals surface area contributed by atoms with E-state index in [2.05, 4.69) is 91.5 Å². The van der Waals surface area contributed by atoms with E-state index in [9.17, 15) is 0 Å². The van der Waals surface area contributed by atoms with E-state index in [0.29, 0.717) is 0 Å². The first-order valence-electron chi connectivity index (χ1n) is 8.78. The molecule has 0 radical (unpaired) electrons. The molecule has 5 aromatic rings. The zero-order valence-corrected chi connectivity index (χ0v) is 16.3. The van der Waals surface area contributed by atoms with Crippen LogP contribution >= 0.6 is 11.3 Å². The molecule has 126 valence electrons. The van der Waals surface area contributed by atoms with Crippen LogP contribution in [-0.2, 0) is 0 Å². The molecule has 0 atom stereocenters. The zero-order valence-electron chi connectivity index (χ0n) is 14.5. The molecule has 1 nitrogen and oxygen atoms in total. The molecule has 0 spiro atoms. The van der Waals surface area contributed by atoms with Crippen molar-refractivity contribution in [3.63, 3.8) is 0 Å². The van der Waals surface area contributed by atoms with Gasteiger partial charge in [0, 0.05) is 15.5 Å². The second kappa shape index (κ2) is 5.97. The van der Waals surface area contributed by atoms with Crippen LogP contribution in [0.15, 0.2) is 95.6 Å². The number of hydrogen-bond donors (Lipinski definition) is 0. The van der Waals surface area contributed by atoms with Gasteiger partial charge < -0.3 is 4.42 Å². The fraction of sp³-hybridized carbons (Fsp3) is 0.0435. The summed E-state index contributed by atoms with van der Waals surface area (Å²) in [7, 11) is -2.06. The van der Waals surface area contributed by atoms with Gasteiger partial charge in [0.1, 0.15) is 8.07 Å². The van der Waals surface area contributed by atoms with Gasteiger partial charge in [-0.2, -0.15) is 0 Å². The molecule has 0 N–H and O–H groups in total. The molecule has 3 aromatic carbocycles. The van der Waals surface area contributed by atoms with Gasteiger partial charge in [0.2, 0.25) is 0 Å². The summed E-state index contributed by atoms with van der Waals surface area (Å²) < 4.78 is 6.92. The maximum Gasteiger partial charge on any atom is 0.188 e. The molecule has 0 amide bonds. The van der Waals surface area contributed by atoms with Gasteiger partial charge in [0.15, 0.2) is 4.90 Å². The molecule has 0 aliphatic carbocycles. The summed E-state index contributed by atoms with van der Waals surface area (Å²) in [5, 5.41) is 6.84. The van der Waals surface area contributed by atoms with Crippen LogP contribution in [0.3, 0.4) is 0 Å². The summed E-state index contributed by atoms with van der Waals surface area (Å²) in [5.41, 5.74) is 0. The number of furan rings is 1. The monoisotopic (exact) mass is 370 g/mol. The van der Waals surface area contributed by atoms with Crippen LogP contribution in [0.4, 0.5) is 0 Å². The highest BCUT2D eigenvalue weighted by atomic mass is 32.1. The van der Waals surface area contributed by atoms with Crippen LogP contribution < -0.4 is 15.6 Å². The van der Waals surface area contributed by atoms with Gasteiger partial charge in [-0.1, -0.05) is 90.7 Å². The van der Waals surface area contributed by atoms with Gasteiger partial charge in [0.25, 0.3) is 0 Å². The Labute approximate surface area is 157 Å². The molecule has 26 heavy (non-hydrogen) atoms. The summed E-state index contributed by atoms with van der Waals surface area (Å²) in [6.07, 6.45) is 1.79. The largest absolute Gasteiger partial charge is 0.454 e. The van der Waals surface area contributed by atoms with Crippen molar-refractivity contribution in [3.8, 4) is 0 Å². The van der Waals surface area contributed by atoms with Crippen LogP contribution in [0.2, 0.25) is 6.55 Å². The molecular weight excluding hydrogens is 352 g/mol. The SMILES string of the molecule is C[Si](c1ccccc1)(c1ccccc1)c1ccc2sc3occc3c2c1. The Morgan fingerprint density at radius 2 is 1.35 bits per heavy atom. The number of hydrogen-bond acceptors (Lipinski definition) is 2. The van der Waals surface area contributed by atoms with Crippen molar-refractivity contribution in [2.24, 2.45) is 0 Å². The third-order valence-electron chi connectivity index (χ3n) is 5.38. The lowest BCUT2D eigenvalue weighted by atomic mass is 10.2. The van der Waals surface area contributed by atoms with E-state index >= 15 is 0 Å². The lowest BCUT2D eigenvalue weighted by molar-refractivity contribution is 0.624. The molecule has 5 rings (SSSR count). The minimum absolute atomic E-state index is 1.01. The second-order valence-electron chi connectivity index (χ2n) is 6.79. The Hall–Kier alpha value is -2.62. The van der Waals surface area contributed by atoms with Crippen molar-refractivity contribution in [1.82, 2.24) is 0 Å². The van der Waals surface area contributed by atoms with Gasteiger partial charge in [-0.3, -0.25) is 0 Å². The Balaban J connectivity index is 1.81. The number of benzene rings is 3. The first-order valence-corrected chi connectivity index (χ1v) is 12.1. The van der Waals surface area contributed by atoms with Gasteiger partial charge in [-0.05, 0) is 27.7 Å². The first-order chi connectivity index (χ1) is 12.8. The van der Waals surface area contributed by atoms with Crippen LogP contribution in [0.5, 0.6) is 0 Å². The zero-order chi connectivity index (χ0) is 17.6. The molecule has 0 saturated carbocycles. The quantitative estimate of drug-likeness (QED) is 0.330. The molecule has 3 heteroatoms. The van der Waals surface area contributed by atoms with Crippen LogP contribution in [0, 0.1) is 0 Å². The summed E-state index contributed by atoms with van der Waals surface area (Å²) in [6.45, 7) is 2.46. The molecule has 2 aromatic heterocycles. The predicted octanol–water partition coefficient (Wildman–Crippen LogP) is 4.75. The lowest BCUT2D eigenvalue weighted by Gasteiger charge is -2.29. The van der Waals surface area contributed by atoms with Crippen molar-refractivity contribution in [2.45, 2.75) is 6.55 Å². The summed E-state index contributed by atoms with van der Waals surface area (Å²) >= 11 is 1.73. The molecule has 0 fully saturated rings. The Kier molecular flexibility index (Phi) is 3.59. The number of thiophene rings is 1. The molecule has 0 aliphatic rings. The van der Waals surface area contributed by atoms with E-state index in [4.69, 9.17) is 4.42 Å². The summed E-state index contributed by atoms with van der Waals surface area (Å²) in [5.74, 6) is 0. The average molecular weight is 371 g/mol. The van der Waals surface area contributed by atoms with Crippen molar-refractivity contribution in [1.29, 1.82) is 0 Å². The van der Waals surface area contributed by atoms with E-state index in [1.807, 2.05) is 0 Å². The Morgan fingerprint density at radius 3 is 2.00 bits per heavy atom. The van der Waals surface area contributed by atoms with Crippen LogP contribution in [0.1, 0.15) is 0 Å². The standard InChI is InChI=1S/C23H18OSSi/c1-26(17-8-4-2-5-9-17,18-10-6-3-7-11-18)19-12-13-22-21(16-19)20-14-15-24-23(20)25-22/h2-16H,1H3. The molecule has 0 saturated heterocycles. The maximum atomic E-state index is 5.63. The van der Waals surface area contributed by atoms with Gasteiger partial charge >= 0.3 is 0 Å². The molecule has 0 bridgehead atoms. The Morgan fingerprint density at radius 1 is 0.692 bits per heavy atom. The highest BCUT2D eigenvalue weighted by Crippen LogP contribution is 2.34. The van der Waals surface area contributed by atoms with Gasteiger partial charge in [0.05, 0.1) is 6.26 Å². The van der Waals surface area contributed by atoms with Crippen molar-refractivity contribution in [3.05, 3.63) is 91.2 Å². The van der Waals surface area contributed by atoms with Gasteiger partial charge in [-0.15, -0.1) is 0 Å². The summed E-state index contributed by atoms with van der Waals surface area (Å²) in [6, 6.07) is 31.0. The maximum absolute atomic E-state index is 5.63. The minimum Gasteiger partial charge on any atom is -0.454 e. The topological polar surface area (TPSA) is 13.1 Å². The average Bonchev–Trinajstić information content (AvgIpc) is 3.30. The first kappa shape index (κ1) is 15.6. The predicted molar refractivity (Wildman–Crippen MR) is 115 cm³/mol. The molecule has 0 aliphatic heterocycles. The smallest absolute Gasteiger partial charge is 0.188 e. The molecule has 2 heterocycles. The molecule has 0 unspecified atom stereocenters. The van der Waals surface area contributed by atoms with Gasteiger partial charge in [-0.25, -0.2) is 0 Å². The number of fused-ring (bicyclic) bond motifs is 3.